The van der Waals surface area contributed by atoms with Crippen molar-refractivity contribution in [3.05, 3.63) is 219 Å². The second-order valence-electron chi connectivity index (χ2n) is 14.3. The molecule has 272 valence electrons. The van der Waals surface area contributed by atoms with Crippen LogP contribution in [0, 0.1) is 0 Å². The first-order chi connectivity index (χ1) is 28.7. The Balaban J connectivity index is 1.18. The van der Waals surface area contributed by atoms with Crippen molar-refractivity contribution < 1.29 is 0 Å². The molecule has 0 aliphatic rings. The van der Waals surface area contributed by atoms with Crippen LogP contribution < -0.4 is 0 Å². The number of hydrogen-bond donors (Lipinski definition) is 0. The first kappa shape index (κ1) is 34.7. The molecular weight excluding hydrogens is 705 g/mol. The fraction of sp³-hybridized carbons (Fsp3) is 0. The fourth-order valence-corrected chi connectivity index (χ4v) is 7.71. The maximum Gasteiger partial charge on any atom is 0.0973 e. The van der Waals surface area contributed by atoms with E-state index in [0.29, 0.717) is 0 Å². The molecule has 0 saturated heterocycles. The first-order valence-electron chi connectivity index (χ1n) is 19.4. The second kappa shape index (κ2) is 15.4. The van der Waals surface area contributed by atoms with Crippen LogP contribution in [0.2, 0.25) is 0 Å². The zero-order valence-electron chi connectivity index (χ0n) is 31.6. The molecule has 10 rings (SSSR count). The summed E-state index contributed by atoms with van der Waals surface area (Å²) in [4.78, 5) is 19.4. The van der Waals surface area contributed by atoms with Crippen LogP contribution in [0.4, 0.5) is 0 Å². The molecule has 4 nitrogen and oxygen atoms in total. The van der Waals surface area contributed by atoms with Crippen LogP contribution in [-0.4, -0.2) is 19.9 Å². The molecule has 0 aliphatic carbocycles. The van der Waals surface area contributed by atoms with E-state index in [0.717, 1.165) is 89.2 Å². The highest BCUT2D eigenvalue weighted by Gasteiger charge is 2.18. The summed E-state index contributed by atoms with van der Waals surface area (Å²) < 4.78 is 0. The number of pyridine rings is 2. The first-order valence-corrected chi connectivity index (χ1v) is 19.4. The number of benzene rings is 7. The minimum atomic E-state index is 0.827. The van der Waals surface area contributed by atoms with Crippen molar-refractivity contribution in [2.45, 2.75) is 0 Å². The molecule has 0 aliphatic heterocycles. The van der Waals surface area contributed by atoms with E-state index in [9.17, 15) is 0 Å². The summed E-state index contributed by atoms with van der Waals surface area (Å²) in [5, 5.41) is 0. The summed E-state index contributed by atoms with van der Waals surface area (Å²) in [5.74, 6) is 0. The molecule has 0 atom stereocenters. The molecule has 0 amide bonds. The van der Waals surface area contributed by atoms with Crippen molar-refractivity contribution in [1.82, 2.24) is 19.9 Å². The Morgan fingerprint density at radius 2 is 0.534 bits per heavy atom. The van der Waals surface area contributed by atoms with Gasteiger partial charge in [0, 0.05) is 35.9 Å². The molecule has 4 heteroatoms. The third-order valence-corrected chi connectivity index (χ3v) is 10.7. The number of nitrogens with zero attached hydrogens (tertiary/aromatic N) is 4. The number of aromatic nitrogens is 4. The van der Waals surface area contributed by atoms with E-state index in [1.807, 2.05) is 49.1 Å². The molecule has 0 N–H and O–H groups in total. The zero-order chi connectivity index (χ0) is 38.7. The molecule has 58 heavy (non-hydrogen) atoms. The van der Waals surface area contributed by atoms with E-state index in [1.54, 1.807) is 0 Å². The smallest absolute Gasteiger partial charge is 0.0973 e. The SMILES string of the molecule is c1ccc(-c2cccc(-c3cc4nc(-c5ccc(-c6ccncc6)cc5)c(-c5ccc(-c6ccncc6)cc5)nc4cc3-c3cccc(-c4ccccc4)c3)c2)cc1. The highest BCUT2D eigenvalue weighted by Crippen LogP contribution is 2.40. The van der Waals surface area contributed by atoms with Gasteiger partial charge in [-0.05, 0) is 115 Å². The lowest BCUT2D eigenvalue weighted by Gasteiger charge is -2.17. The van der Waals surface area contributed by atoms with E-state index in [2.05, 4.69) is 180 Å². The van der Waals surface area contributed by atoms with Crippen LogP contribution in [-0.2, 0) is 0 Å². The number of fused-ring (bicyclic) bond motifs is 1. The highest BCUT2D eigenvalue weighted by molar-refractivity contribution is 5.97. The largest absolute Gasteiger partial charge is 0.265 e. The molecule has 3 aromatic heterocycles. The number of hydrogen-bond acceptors (Lipinski definition) is 4. The summed E-state index contributed by atoms with van der Waals surface area (Å²) in [6.07, 6.45) is 7.30. The Morgan fingerprint density at radius 1 is 0.224 bits per heavy atom. The van der Waals surface area contributed by atoms with Crippen LogP contribution in [0.15, 0.2) is 219 Å². The second-order valence-corrected chi connectivity index (χ2v) is 14.3. The summed E-state index contributed by atoms with van der Waals surface area (Å²) in [6.45, 7) is 0. The normalized spacial score (nSPS) is 11.1. The molecule has 0 fully saturated rings. The Hall–Kier alpha value is -7.82. The monoisotopic (exact) mass is 740 g/mol. The minimum Gasteiger partial charge on any atom is -0.265 e. The lowest BCUT2D eigenvalue weighted by atomic mass is 9.90. The molecule has 7 aromatic carbocycles. The Morgan fingerprint density at radius 3 is 0.931 bits per heavy atom. The van der Waals surface area contributed by atoms with Crippen molar-refractivity contribution in [3.8, 4) is 89.3 Å². The molecule has 0 spiro atoms. The van der Waals surface area contributed by atoms with Crippen LogP contribution in [0.1, 0.15) is 0 Å². The molecule has 0 radical (unpaired) electrons. The highest BCUT2D eigenvalue weighted by atomic mass is 14.8. The average molecular weight is 741 g/mol. The van der Waals surface area contributed by atoms with Gasteiger partial charge in [-0.3, -0.25) is 9.97 Å². The average Bonchev–Trinajstić information content (AvgIpc) is 3.32. The third kappa shape index (κ3) is 6.95. The quantitative estimate of drug-likeness (QED) is 0.156. The Labute approximate surface area is 337 Å². The van der Waals surface area contributed by atoms with Gasteiger partial charge in [0.05, 0.1) is 22.4 Å². The Kier molecular flexibility index (Phi) is 9.18. The van der Waals surface area contributed by atoms with E-state index >= 15 is 0 Å². The number of rotatable bonds is 8. The van der Waals surface area contributed by atoms with Crippen molar-refractivity contribution in [1.29, 1.82) is 0 Å². The van der Waals surface area contributed by atoms with Crippen molar-refractivity contribution in [2.75, 3.05) is 0 Å². The maximum atomic E-state index is 5.49. The van der Waals surface area contributed by atoms with Gasteiger partial charge in [0.25, 0.3) is 0 Å². The van der Waals surface area contributed by atoms with Crippen LogP contribution in [0.3, 0.4) is 0 Å². The summed E-state index contributed by atoms with van der Waals surface area (Å²) >= 11 is 0. The molecule has 0 saturated carbocycles. The lowest BCUT2D eigenvalue weighted by molar-refractivity contribution is 1.29. The van der Waals surface area contributed by atoms with Crippen LogP contribution >= 0.6 is 0 Å². The molecule has 10 aromatic rings. The summed E-state index contributed by atoms with van der Waals surface area (Å²) in [6, 6.07) is 68.5. The zero-order valence-corrected chi connectivity index (χ0v) is 31.6. The predicted octanol–water partition coefficient (Wildman–Crippen LogP) is 13.8. The molecular formula is C54H36N4. The summed E-state index contributed by atoms with van der Waals surface area (Å²) in [5.41, 5.74) is 18.9. The van der Waals surface area contributed by atoms with E-state index < -0.39 is 0 Å². The van der Waals surface area contributed by atoms with Crippen LogP contribution in [0.5, 0.6) is 0 Å². The van der Waals surface area contributed by atoms with Gasteiger partial charge >= 0.3 is 0 Å². The van der Waals surface area contributed by atoms with E-state index in [-0.39, 0.29) is 0 Å². The molecule has 3 heterocycles. The maximum absolute atomic E-state index is 5.49. The van der Waals surface area contributed by atoms with Crippen molar-refractivity contribution >= 4 is 11.0 Å². The van der Waals surface area contributed by atoms with Gasteiger partial charge in [-0.25, -0.2) is 9.97 Å². The van der Waals surface area contributed by atoms with Crippen molar-refractivity contribution in [3.63, 3.8) is 0 Å². The van der Waals surface area contributed by atoms with Gasteiger partial charge in [0.15, 0.2) is 0 Å². The van der Waals surface area contributed by atoms with Crippen LogP contribution in [0.25, 0.3) is 100 Å². The van der Waals surface area contributed by atoms with Gasteiger partial charge in [-0.2, -0.15) is 0 Å². The van der Waals surface area contributed by atoms with Crippen molar-refractivity contribution in [2.24, 2.45) is 0 Å². The summed E-state index contributed by atoms with van der Waals surface area (Å²) in [7, 11) is 0. The standard InChI is InChI=1S/C54H36N4/c1-3-9-37(10-4-1)45-13-7-15-47(33-45)49-35-51-52(36-50(49)48-16-8-14-46(34-48)38-11-5-2-6-12-38)58-54(44-23-19-40(20-24-44)42-27-31-56-32-28-42)53(57-51)43-21-17-39(18-22-43)41-25-29-55-30-26-41/h1-36H. The van der Waals surface area contributed by atoms with E-state index in [4.69, 9.17) is 9.97 Å². The van der Waals surface area contributed by atoms with Gasteiger partial charge in [0.1, 0.15) is 0 Å². The third-order valence-electron chi connectivity index (χ3n) is 10.7. The predicted molar refractivity (Wildman–Crippen MR) is 239 cm³/mol. The molecule has 0 unspecified atom stereocenters. The lowest BCUT2D eigenvalue weighted by Crippen LogP contribution is -1.98. The van der Waals surface area contributed by atoms with Gasteiger partial charge in [-0.1, -0.05) is 146 Å². The minimum absolute atomic E-state index is 0.827. The molecule has 0 bridgehead atoms. The van der Waals surface area contributed by atoms with Gasteiger partial charge < -0.3 is 0 Å². The topological polar surface area (TPSA) is 51.6 Å². The van der Waals surface area contributed by atoms with Gasteiger partial charge in [-0.15, -0.1) is 0 Å². The van der Waals surface area contributed by atoms with E-state index in [1.165, 1.54) is 11.1 Å². The Bertz CT molecular complexity index is 2790. The fourth-order valence-electron chi connectivity index (χ4n) is 7.71. The van der Waals surface area contributed by atoms with Gasteiger partial charge in [0.2, 0.25) is 0 Å².